The molecule has 1 N–H and O–H groups in total. The molecule has 0 aliphatic heterocycles. The van der Waals surface area contributed by atoms with Crippen molar-refractivity contribution < 1.29 is 4.42 Å². The molecule has 1 atom stereocenters. The third-order valence-corrected chi connectivity index (χ3v) is 3.90. The molecule has 0 fully saturated rings. The summed E-state index contributed by atoms with van der Waals surface area (Å²) in [5.41, 5.74) is 1.04. The van der Waals surface area contributed by atoms with Crippen LogP contribution in [0.25, 0.3) is 0 Å². The summed E-state index contributed by atoms with van der Waals surface area (Å²) in [5.74, 6) is 0.987. The Morgan fingerprint density at radius 2 is 2.05 bits per heavy atom. The maximum absolute atomic E-state index is 6.29. The molecule has 0 bridgehead atoms. The molecule has 0 saturated heterocycles. The van der Waals surface area contributed by atoms with Gasteiger partial charge in [-0.15, -0.1) is 0 Å². The summed E-state index contributed by atoms with van der Waals surface area (Å²) in [6.07, 6.45) is 3.48. The molecule has 1 aromatic heterocycles. The van der Waals surface area contributed by atoms with E-state index >= 15 is 0 Å². The molecule has 19 heavy (non-hydrogen) atoms. The normalized spacial score (nSPS) is 12.6. The minimum Gasteiger partial charge on any atom is -0.469 e. The van der Waals surface area contributed by atoms with E-state index < -0.39 is 0 Å². The van der Waals surface area contributed by atoms with Crippen LogP contribution in [0, 0.1) is 0 Å². The Hall–Kier alpha value is -0.960. The van der Waals surface area contributed by atoms with Gasteiger partial charge in [0, 0.05) is 12.5 Å². The van der Waals surface area contributed by atoms with Crippen LogP contribution in [0.4, 0.5) is 0 Å². The lowest BCUT2D eigenvalue weighted by Crippen LogP contribution is -2.21. The first kappa shape index (κ1) is 14.4. The number of aryl methyl sites for hydroxylation is 1. The first-order valence-corrected chi connectivity index (χ1v) is 7.17. The molecule has 2 nitrogen and oxygen atoms in total. The lowest BCUT2D eigenvalue weighted by molar-refractivity contribution is 0.458. The number of rotatable bonds is 6. The van der Waals surface area contributed by atoms with Crippen molar-refractivity contribution in [2.75, 3.05) is 6.54 Å². The van der Waals surface area contributed by atoms with Gasteiger partial charge in [0.25, 0.3) is 0 Å². The van der Waals surface area contributed by atoms with E-state index in [1.807, 2.05) is 30.3 Å². The summed E-state index contributed by atoms with van der Waals surface area (Å²) in [6.45, 7) is 2.96. The summed E-state index contributed by atoms with van der Waals surface area (Å²) in [6, 6.07) is 9.83. The molecule has 1 unspecified atom stereocenters. The van der Waals surface area contributed by atoms with Crippen LogP contribution in [0.3, 0.4) is 0 Å². The largest absolute Gasteiger partial charge is 0.469 e. The molecule has 0 amide bonds. The predicted octanol–water partition coefficient (Wildman–Crippen LogP) is 4.87. The topological polar surface area (TPSA) is 25.2 Å². The molecule has 102 valence electrons. The van der Waals surface area contributed by atoms with Crippen LogP contribution in [-0.2, 0) is 6.42 Å². The van der Waals surface area contributed by atoms with Crippen molar-refractivity contribution in [1.82, 2.24) is 5.32 Å². The van der Waals surface area contributed by atoms with Gasteiger partial charge in [-0.1, -0.05) is 42.3 Å². The SMILES string of the molecule is CCNC(CCc1ccco1)c1cccc(Cl)c1Cl. The van der Waals surface area contributed by atoms with Gasteiger partial charge in [0.15, 0.2) is 0 Å². The molecule has 2 aromatic rings. The Morgan fingerprint density at radius 1 is 1.21 bits per heavy atom. The lowest BCUT2D eigenvalue weighted by Gasteiger charge is -2.19. The van der Waals surface area contributed by atoms with Crippen molar-refractivity contribution in [3.05, 3.63) is 58.0 Å². The molecule has 0 aliphatic rings. The second-order valence-electron chi connectivity index (χ2n) is 4.37. The highest BCUT2D eigenvalue weighted by molar-refractivity contribution is 6.42. The van der Waals surface area contributed by atoms with Gasteiger partial charge in [-0.2, -0.15) is 0 Å². The average molecular weight is 298 g/mol. The summed E-state index contributed by atoms with van der Waals surface area (Å²) < 4.78 is 5.37. The number of hydrogen-bond donors (Lipinski definition) is 1. The van der Waals surface area contributed by atoms with E-state index in [0.29, 0.717) is 10.0 Å². The number of benzene rings is 1. The van der Waals surface area contributed by atoms with Crippen molar-refractivity contribution in [2.24, 2.45) is 0 Å². The third-order valence-electron chi connectivity index (χ3n) is 3.07. The van der Waals surface area contributed by atoms with Crippen molar-refractivity contribution in [2.45, 2.75) is 25.8 Å². The molecular formula is C15H17Cl2NO. The quantitative estimate of drug-likeness (QED) is 0.823. The summed E-state index contributed by atoms with van der Waals surface area (Å²) >= 11 is 12.4. The van der Waals surface area contributed by atoms with Crippen LogP contribution in [-0.4, -0.2) is 6.54 Å². The zero-order valence-corrected chi connectivity index (χ0v) is 12.3. The Bertz CT molecular complexity index is 511. The zero-order valence-electron chi connectivity index (χ0n) is 10.8. The molecular weight excluding hydrogens is 281 g/mol. The van der Waals surface area contributed by atoms with Crippen molar-refractivity contribution in [1.29, 1.82) is 0 Å². The Labute approximate surface area is 123 Å². The fraction of sp³-hybridized carbons (Fsp3) is 0.333. The van der Waals surface area contributed by atoms with Gasteiger partial charge in [-0.3, -0.25) is 0 Å². The zero-order chi connectivity index (χ0) is 13.7. The van der Waals surface area contributed by atoms with E-state index in [-0.39, 0.29) is 6.04 Å². The van der Waals surface area contributed by atoms with E-state index in [9.17, 15) is 0 Å². The number of furan rings is 1. The second-order valence-corrected chi connectivity index (χ2v) is 5.16. The van der Waals surface area contributed by atoms with Crippen molar-refractivity contribution in [3.8, 4) is 0 Å². The van der Waals surface area contributed by atoms with E-state index in [0.717, 1.165) is 30.7 Å². The first-order valence-electron chi connectivity index (χ1n) is 6.42. The lowest BCUT2D eigenvalue weighted by atomic mass is 10.0. The van der Waals surface area contributed by atoms with E-state index in [1.54, 1.807) is 6.26 Å². The van der Waals surface area contributed by atoms with E-state index in [2.05, 4.69) is 12.2 Å². The van der Waals surface area contributed by atoms with Gasteiger partial charge < -0.3 is 9.73 Å². The Kier molecular flexibility index (Phi) is 5.32. The van der Waals surface area contributed by atoms with Gasteiger partial charge in [0.2, 0.25) is 0 Å². The van der Waals surface area contributed by atoms with Crippen molar-refractivity contribution in [3.63, 3.8) is 0 Å². The molecule has 1 aromatic carbocycles. The monoisotopic (exact) mass is 297 g/mol. The van der Waals surface area contributed by atoms with Crippen LogP contribution in [0.5, 0.6) is 0 Å². The standard InChI is InChI=1S/C15H17Cl2NO/c1-2-18-14(9-8-11-5-4-10-19-11)12-6-3-7-13(16)15(12)17/h3-7,10,14,18H,2,8-9H2,1H3. The van der Waals surface area contributed by atoms with Gasteiger partial charge in [0.05, 0.1) is 16.3 Å². The molecule has 0 radical (unpaired) electrons. The maximum atomic E-state index is 6.29. The van der Waals surface area contributed by atoms with E-state index in [1.165, 1.54) is 0 Å². The van der Waals surface area contributed by atoms with Crippen LogP contribution in [0.2, 0.25) is 10.0 Å². The summed E-state index contributed by atoms with van der Waals surface area (Å²) in [4.78, 5) is 0. The number of halogens is 2. The minimum atomic E-state index is 0.182. The first-order chi connectivity index (χ1) is 9.22. The predicted molar refractivity (Wildman–Crippen MR) is 79.9 cm³/mol. The Balaban J connectivity index is 2.12. The molecule has 0 saturated carbocycles. The highest BCUT2D eigenvalue weighted by Gasteiger charge is 2.15. The molecule has 0 aliphatic carbocycles. The maximum Gasteiger partial charge on any atom is 0.103 e. The highest BCUT2D eigenvalue weighted by Crippen LogP contribution is 2.31. The third kappa shape index (κ3) is 3.75. The van der Waals surface area contributed by atoms with Crippen LogP contribution in [0.15, 0.2) is 41.0 Å². The second kappa shape index (κ2) is 6.99. The smallest absolute Gasteiger partial charge is 0.103 e. The van der Waals surface area contributed by atoms with Gasteiger partial charge >= 0.3 is 0 Å². The van der Waals surface area contributed by atoms with Crippen LogP contribution >= 0.6 is 23.2 Å². The van der Waals surface area contributed by atoms with Crippen LogP contribution < -0.4 is 5.32 Å². The van der Waals surface area contributed by atoms with Gasteiger partial charge in [-0.25, -0.2) is 0 Å². The minimum absolute atomic E-state index is 0.182. The van der Waals surface area contributed by atoms with Crippen molar-refractivity contribution >= 4 is 23.2 Å². The number of hydrogen-bond acceptors (Lipinski definition) is 2. The summed E-state index contributed by atoms with van der Waals surface area (Å²) in [5, 5.41) is 4.68. The van der Waals surface area contributed by atoms with Crippen LogP contribution in [0.1, 0.15) is 30.7 Å². The molecule has 1 heterocycles. The molecule has 4 heteroatoms. The van der Waals surface area contributed by atoms with E-state index in [4.69, 9.17) is 27.6 Å². The fourth-order valence-electron chi connectivity index (χ4n) is 2.14. The average Bonchev–Trinajstić information content (AvgIpc) is 2.91. The van der Waals surface area contributed by atoms with Gasteiger partial charge in [-0.05, 0) is 36.7 Å². The summed E-state index contributed by atoms with van der Waals surface area (Å²) in [7, 11) is 0. The Morgan fingerprint density at radius 3 is 2.74 bits per heavy atom. The number of nitrogens with one attached hydrogen (secondary N) is 1. The fourth-order valence-corrected chi connectivity index (χ4v) is 2.58. The molecule has 2 rings (SSSR count). The molecule has 0 spiro atoms. The van der Waals surface area contributed by atoms with Gasteiger partial charge in [0.1, 0.15) is 5.76 Å². The highest BCUT2D eigenvalue weighted by atomic mass is 35.5.